The zero-order valence-corrected chi connectivity index (χ0v) is 9.96. The van der Waals surface area contributed by atoms with Gasteiger partial charge < -0.3 is 4.74 Å². The first kappa shape index (κ1) is 13.1. The Hall–Kier alpha value is -0.970. The van der Waals surface area contributed by atoms with Gasteiger partial charge in [-0.15, -0.1) is 0 Å². The molecule has 0 amide bonds. The molecule has 1 rings (SSSR count). The van der Waals surface area contributed by atoms with Crippen molar-refractivity contribution in [2.75, 3.05) is 6.61 Å². The smallest absolute Gasteiger partial charge is 0.128 e. The van der Waals surface area contributed by atoms with Crippen molar-refractivity contribution in [3.8, 4) is 0 Å². The maximum atomic E-state index is 13.7. The number of halogens is 1. The summed E-state index contributed by atoms with van der Waals surface area (Å²) in [6, 6.07) is 4.64. The van der Waals surface area contributed by atoms with Gasteiger partial charge in [0, 0.05) is 12.2 Å². The largest absolute Gasteiger partial charge is 0.377 e. The summed E-state index contributed by atoms with van der Waals surface area (Å²) in [5.74, 6) is 5.19. The predicted octanol–water partition coefficient (Wildman–Crippen LogP) is 2.06. The van der Waals surface area contributed by atoms with Gasteiger partial charge in [0.1, 0.15) is 5.82 Å². The van der Waals surface area contributed by atoms with E-state index < -0.39 is 0 Å². The molecule has 0 spiro atoms. The van der Waals surface area contributed by atoms with E-state index in [1.807, 2.05) is 20.8 Å². The minimum absolute atomic E-state index is 0.175. The molecule has 90 valence electrons. The maximum absolute atomic E-state index is 13.7. The SMILES string of the molecule is CCOC(C)C(NN)c1cc(C)ccc1F. The normalized spacial score (nSPS) is 14.8. The molecule has 0 saturated carbocycles. The second-order valence-electron chi connectivity index (χ2n) is 3.83. The Labute approximate surface area is 95.8 Å². The van der Waals surface area contributed by atoms with Crippen LogP contribution < -0.4 is 11.3 Å². The van der Waals surface area contributed by atoms with Crippen molar-refractivity contribution >= 4 is 0 Å². The number of nitrogens with two attached hydrogens (primary N) is 1. The Morgan fingerprint density at radius 3 is 2.75 bits per heavy atom. The highest BCUT2D eigenvalue weighted by Gasteiger charge is 2.21. The second-order valence-corrected chi connectivity index (χ2v) is 3.83. The number of nitrogens with one attached hydrogen (secondary N) is 1. The minimum atomic E-state index is -0.333. The van der Waals surface area contributed by atoms with Crippen LogP contribution in [0.2, 0.25) is 0 Å². The number of rotatable bonds is 5. The van der Waals surface area contributed by atoms with Crippen LogP contribution >= 0.6 is 0 Å². The molecule has 0 bridgehead atoms. The van der Waals surface area contributed by atoms with E-state index in [1.165, 1.54) is 6.07 Å². The average molecular weight is 226 g/mol. The Bertz CT molecular complexity index is 344. The lowest BCUT2D eigenvalue weighted by Crippen LogP contribution is -2.37. The highest BCUT2D eigenvalue weighted by atomic mass is 19.1. The van der Waals surface area contributed by atoms with Crippen LogP contribution in [0.4, 0.5) is 4.39 Å². The van der Waals surface area contributed by atoms with E-state index in [2.05, 4.69) is 5.43 Å². The molecule has 0 heterocycles. The summed E-state index contributed by atoms with van der Waals surface area (Å²) in [7, 11) is 0. The van der Waals surface area contributed by atoms with E-state index >= 15 is 0 Å². The van der Waals surface area contributed by atoms with Crippen LogP contribution in [-0.2, 0) is 4.74 Å². The van der Waals surface area contributed by atoms with Crippen LogP contribution in [0.15, 0.2) is 18.2 Å². The van der Waals surface area contributed by atoms with Crippen molar-refractivity contribution in [2.45, 2.75) is 32.9 Å². The van der Waals surface area contributed by atoms with Crippen molar-refractivity contribution in [1.82, 2.24) is 5.43 Å². The molecule has 3 nitrogen and oxygen atoms in total. The van der Waals surface area contributed by atoms with Gasteiger partial charge in [-0.2, -0.15) is 0 Å². The number of ether oxygens (including phenoxy) is 1. The molecule has 0 aromatic heterocycles. The number of benzene rings is 1. The third kappa shape index (κ3) is 3.01. The Morgan fingerprint density at radius 1 is 1.50 bits per heavy atom. The van der Waals surface area contributed by atoms with E-state index in [1.54, 1.807) is 12.1 Å². The number of hydrogen-bond acceptors (Lipinski definition) is 3. The molecule has 0 fully saturated rings. The molecule has 0 saturated heterocycles. The molecule has 0 radical (unpaired) electrons. The molecular formula is C12H19FN2O. The van der Waals surface area contributed by atoms with Gasteiger partial charge in [0.05, 0.1) is 12.1 Å². The fraction of sp³-hybridized carbons (Fsp3) is 0.500. The van der Waals surface area contributed by atoms with Crippen molar-refractivity contribution < 1.29 is 9.13 Å². The number of hydrogen-bond donors (Lipinski definition) is 2. The van der Waals surface area contributed by atoms with Gasteiger partial charge in [-0.25, -0.2) is 4.39 Å². The lowest BCUT2D eigenvalue weighted by atomic mass is 10.0. The Kier molecular flexibility index (Phi) is 4.86. The molecular weight excluding hydrogens is 207 g/mol. The lowest BCUT2D eigenvalue weighted by Gasteiger charge is -2.24. The van der Waals surface area contributed by atoms with Crippen molar-refractivity contribution in [1.29, 1.82) is 0 Å². The molecule has 0 aliphatic carbocycles. The monoisotopic (exact) mass is 226 g/mol. The highest BCUT2D eigenvalue weighted by molar-refractivity contribution is 5.27. The van der Waals surface area contributed by atoms with Crippen LogP contribution in [0.5, 0.6) is 0 Å². The van der Waals surface area contributed by atoms with E-state index in [-0.39, 0.29) is 18.0 Å². The fourth-order valence-electron chi connectivity index (χ4n) is 1.74. The van der Waals surface area contributed by atoms with Crippen molar-refractivity contribution in [3.05, 3.63) is 35.1 Å². The average Bonchev–Trinajstić information content (AvgIpc) is 2.24. The first-order valence-corrected chi connectivity index (χ1v) is 5.44. The molecule has 1 aromatic carbocycles. The topological polar surface area (TPSA) is 47.3 Å². The fourth-order valence-corrected chi connectivity index (χ4v) is 1.74. The summed E-state index contributed by atoms with van der Waals surface area (Å²) >= 11 is 0. The second kappa shape index (κ2) is 5.94. The first-order chi connectivity index (χ1) is 7.60. The molecule has 2 unspecified atom stereocenters. The molecule has 1 aromatic rings. The van der Waals surface area contributed by atoms with Gasteiger partial charge in [0.2, 0.25) is 0 Å². The molecule has 16 heavy (non-hydrogen) atoms. The van der Waals surface area contributed by atoms with Crippen LogP contribution in [-0.4, -0.2) is 12.7 Å². The van der Waals surface area contributed by atoms with E-state index in [0.29, 0.717) is 12.2 Å². The summed E-state index contributed by atoms with van der Waals surface area (Å²) in [6.07, 6.45) is -0.175. The standard InChI is InChI=1S/C12H19FN2O/c1-4-16-9(3)12(15-14)10-7-8(2)5-6-11(10)13/h5-7,9,12,15H,4,14H2,1-3H3. The molecule has 4 heteroatoms. The van der Waals surface area contributed by atoms with Gasteiger partial charge >= 0.3 is 0 Å². The quantitative estimate of drug-likeness (QED) is 0.597. The van der Waals surface area contributed by atoms with E-state index in [4.69, 9.17) is 10.6 Å². The summed E-state index contributed by atoms with van der Waals surface area (Å²) in [4.78, 5) is 0. The number of hydrazine groups is 1. The number of aryl methyl sites for hydroxylation is 1. The summed E-state index contributed by atoms with van der Waals surface area (Å²) in [6.45, 7) is 6.27. The maximum Gasteiger partial charge on any atom is 0.128 e. The first-order valence-electron chi connectivity index (χ1n) is 5.44. The lowest BCUT2D eigenvalue weighted by molar-refractivity contribution is 0.0463. The Balaban J connectivity index is 2.98. The van der Waals surface area contributed by atoms with E-state index in [9.17, 15) is 4.39 Å². The molecule has 0 aliphatic rings. The zero-order chi connectivity index (χ0) is 12.1. The summed E-state index contributed by atoms with van der Waals surface area (Å²) in [5, 5.41) is 0. The van der Waals surface area contributed by atoms with Gasteiger partial charge in [-0.1, -0.05) is 17.7 Å². The third-order valence-corrected chi connectivity index (χ3v) is 2.57. The van der Waals surface area contributed by atoms with Crippen molar-refractivity contribution in [2.24, 2.45) is 5.84 Å². The summed E-state index contributed by atoms with van der Waals surface area (Å²) in [5.41, 5.74) is 4.15. The zero-order valence-electron chi connectivity index (χ0n) is 9.96. The van der Waals surface area contributed by atoms with Gasteiger partial charge in [-0.05, 0) is 26.8 Å². The molecule has 2 atom stereocenters. The van der Waals surface area contributed by atoms with Gasteiger partial charge in [-0.3, -0.25) is 11.3 Å². The van der Waals surface area contributed by atoms with E-state index in [0.717, 1.165) is 5.56 Å². The van der Waals surface area contributed by atoms with Gasteiger partial charge in [0.25, 0.3) is 0 Å². The Morgan fingerprint density at radius 2 is 2.19 bits per heavy atom. The molecule has 3 N–H and O–H groups in total. The molecule has 0 aliphatic heterocycles. The highest BCUT2D eigenvalue weighted by Crippen LogP contribution is 2.22. The predicted molar refractivity (Wildman–Crippen MR) is 62.3 cm³/mol. The third-order valence-electron chi connectivity index (χ3n) is 2.57. The summed E-state index contributed by atoms with van der Waals surface area (Å²) < 4.78 is 19.1. The van der Waals surface area contributed by atoms with Crippen LogP contribution in [0.1, 0.15) is 31.0 Å². The van der Waals surface area contributed by atoms with Crippen molar-refractivity contribution in [3.63, 3.8) is 0 Å². The van der Waals surface area contributed by atoms with Crippen LogP contribution in [0, 0.1) is 12.7 Å². The van der Waals surface area contributed by atoms with Crippen LogP contribution in [0.25, 0.3) is 0 Å². The van der Waals surface area contributed by atoms with Crippen LogP contribution in [0.3, 0.4) is 0 Å². The van der Waals surface area contributed by atoms with Gasteiger partial charge in [0.15, 0.2) is 0 Å². The minimum Gasteiger partial charge on any atom is -0.377 e.